The normalized spacial score (nSPS) is 25.9. The second-order valence-electron chi connectivity index (χ2n) is 8.97. The van der Waals surface area contributed by atoms with E-state index in [4.69, 9.17) is 4.74 Å². The lowest BCUT2D eigenvalue weighted by Gasteiger charge is -2.54. The van der Waals surface area contributed by atoms with Gasteiger partial charge in [0, 0.05) is 43.6 Å². The number of ether oxygens (including phenoxy) is 1. The van der Waals surface area contributed by atoms with Gasteiger partial charge in [0.2, 0.25) is 0 Å². The summed E-state index contributed by atoms with van der Waals surface area (Å²) >= 11 is 0. The van der Waals surface area contributed by atoms with Gasteiger partial charge in [-0.2, -0.15) is 0 Å². The Labute approximate surface area is 150 Å². The van der Waals surface area contributed by atoms with Crippen LogP contribution in [0.1, 0.15) is 33.3 Å². The van der Waals surface area contributed by atoms with Crippen LogP contribution in [0.3, 0.4) is 0 Å². The first-order valence-electron chi connectivity index (χ1n) is 9.02. The lowest BCUT2D eigenvalue weighted by molar-refractivity contribution is -0.0859. The van der Waals surface area contributed by atoms with Crippen LogP contribution in [0.25, 0.3) is 0 Å². The number of hydrogen-bond donors (Lipinski definition) is 1. The number of carbonyl (C=O) groups is 1. The third-order valence-corrected chi connectivity index (χ3v) is 5.62. The smallest absolute Gasteiger partial charge is 0.410 e. The second-order valence-corrected chi connectivity index (χ2v) is 8.97. The first-order valence-corrected chi connectivity index (χ1v) is 9.02. The minimum atomic E-state index is -0.477. The quantitative estimate of drug-likeness (QED) is 0.914. The van der Waals surface area contributed by atoms with Crippen LogP contribution in [0.4, 0.5) is 4.79 Å². The van der Waals surface area contributed by atoms with Crippen molar-refractivity contribution >= 4 is 6.09 Å². The fraction of sp³-hybridized carbons (Fsp3) is 0.650. The third kappa shape index (κ3) is 3.53. The molecule has 2 aliphatic rings. The molecule has 1 aromatic carbocycles. The summed E-state index contributed by atoms with van der Waals surface area (Å²) in [6, 6.07) is 10.4. The summed E-state index contributed by atoms with van der Waals surface area (Å²) in [7, 11) is 0. The van der Waals surface area contributed by atoms with E-state index in [1.807, 2.05) is 26.8 Å². The van der Waals surface area contributed by atoms with Crippen molar-refractivity contribution < 1.29 is 14.6 Å². The maximum absolute atomic E-state index is 12.3. The molecule has 1 amide bonds. The Kier molecular flexibility index (Phi) is 4.58. The Morgan fingerprint density at radius 1 is 1.16 bits per heavy atom. The van der Waals surface area contributed by atoms with Gasteiger partial charge in [-0.05, 0) is 26.3 Å². The maximum atomic E-state index is 12.3. The van der Waals surface area contributed by atoms with Crippen molar-refractivity contribution in [1.82, 2.24) is 9.80 Å². The molecule has 25 heavy (non-hydrogen) atoms. The molecule has 5 nitrogen and oxygen atoms in total. The van der Waals surface area contributed by atoms with Crippen LogP contribution in [-0.2, 0) is 11.3 Å². The fourth-order valence-electron chi connectivity index (χ4n) is 4.13. The molecule has 5 heteroatoms. The molecule has 1 aromatic rings. The van der Waals surface area contributed by atoms with Crippen LogP contribution in [0.15, 0.2) is 30.3 Å². The predicted molar refractivity (Wildman–Crippen MR) is 97.2 cm³/mol. The summed E-state index contributed by atoms with van der Waals surface area (Å²) in [5.41, 5.74) is 0.561. The number of aliphatic hydroxyl groups excluding tert-OH is 1. The number of carbonyl (C=O) groups excluding carboxylic acids is 1. The van der Waals surface area contributed by atoms with Crippen LogP contribution < -0.4 is 0 Å². The van der Waals surface area contributed by atoms with Gasteiger partial charge in [0.05, 0.1) is 6.61 Å². The highest BCUT2D eigenvalue weighted by atomic mass is 16.6. The zero-order valence-electron chi connectivity index (χ0n) is 15.8. The molecule has 2 saturated heterocycles. The Balaban J connectivity index is 1.66. The summed E-state index contributed by atoms with van der Waals surface area (Å²) in [4.78, 5) is 16.5. The van der Waals surface area contributed by atoms with Crippen molar-refractivity contribution in [2.45, 2.75) is 39.8 Å². The van der Waals surface area contributed by atoms with E-state index in [1.54, 1.807) is 4.90 Å². The van der Waals surface area contributed by atoms with Crippen LogP contribution in [0, 0.1) is 10.8 Å². The van der Waals surface area contributed by atoms with Gasteiger partial charge >= 0.3 is 6.09 Å². The molecule has 2 heterocycles. The summed E-state index contributed by atoms with van der Waals surface area (Å²) in [6.07, 6.45) is -0.250. The Morgan fingerprint density at radius 2 is 1.80 bits per heavy atom. The Morgan fingerprint density at radius 3 is 2.36 bits per heavy atom. The number of likely N-dealkylation sites (tertiary alicyclic amines) is 2. The van der Waals surface area contributed by atoms with Gasteiger partial charge in [-0.15, -0.1) is 0 Å². The van der Waals surface area contributed by atoms with Crippen LogP contribution >= 0.6 is 0 Å². The zero-order valence-corrected chi connectivity index (χ0v) is 15.8. The number of benzene rings is 1. The molecule has 2 aliphatic heterocycles. The van der Waals surface area contributed by atoms with Gasteiger partial charge < -0.3 is 14.7 Å². The van der Waals surface area contributed by atoms with Gasteiger partial charge in [-0.3, -0.25) is 4.90 Å². The average Bonchev–Trinajstić information content (AvgIpc) is 2.78. The first kappa shape index (κ1) is 18.2. The number of aliphatic hydroxyl groups is 1. The van der Waals surface area contributed by atoms with Crippen molar-refractivity contribution in [3.8, 4) is 0 Å². The molecule has 0 saturated carbocycles. The fourth-order valence-corrected chi connectivity index (χ4v) is 4.13. The van der Waals surface area contributed by atoms with Crippen molar-refractivity contribution in [2.24, 2.45) is 10.8 Å². The van der Waals surface area contributed by atoms with E-state index in [2.05, 4.69) is 36.1 Å². The van der Waals surface area contributed by atoms with E-state index in [0.717, 1.165) is 19.6 Å². The van der Waals surface area contributed by atoms with Gasteiger partial charge in [0.15, 0.2) is 0 Å². The zero-order chi connectivity index (χ0) is 18.3. The lowest BCUT2D eigenvalue weighted by Crippen LogP contribution is -2.66. The van der Waals surface area contributed by atoms with Gasteiger partial charge in [0.1, 0.15) is 5.60 Å². The standard InChI is InChI=1S/C20H30N2O3/c1-18(2,3)25-17(24)22-13-20(14-22)12-21(11-19(20,4)15-23)10-16-8-6-5-7-9-16/h5-9,23H,10-15H2,1-4H3/t19-/m0/s1. The summed E-state index contributed by atoms with van der Waals surface area (Å²) < 4.78 is 5.48. The Hall–Kier alpha value is -1.59. The molecule has 0 unspecified atom stereocenters. The number of hydrogen-bond acceptors (Lipinski definition) is 4. The molecule has 0 aliphatic carbocycles. The van der Waals surface area contributed by atoms with Crippen LogP contribution in [0.5, 0.6) is 0 Å². The molecule has 0 radical (unpaired) electrons. The van der Waals surface area contributed by atoms with E-state index in [9.17, 15) is 9.90 Å². The number of amides is 1. The van der Waals surface area contributed by atoms with E-state index in [0.29, 0.717) is 13.1 Å². The summed E-state index contributed by atoms with van der Waals surface area (Å²) in [5, 5.41) is 10.1. The van der Waals surface area contributed by atoms with Gasteiger partial charge in [0.25, 0.3) is 0 Å². The van der Waals surface area contributed by atoms with E-state index >= 15 is 0 Å². The molecule has 1 atom stereocenters. The maximum Gasteiger partial charge on any atom is 0.410 e. The highest BCUT2D eigenvalue weighted by molar-refractivity contribution is 5.69. The van der Waals surface area contributed by atoms with Gasteiger partial charge in [-0.1, -0.05) is 37.3 Å². The largest absolute Gasteiger partial charge is 0.444 e. The van der Waals surface area contributed by atoms with E-state index in [-0.39, 0.29) is 23.5 Å². The van der Waals surface area contributed by atoms with Crippen LogP contribution in [0.2, 0.25) is 0 Å². The molecule has 0 aromatic heterocycles. The SMILES string of the molecule is CC(C)(C)OC(=O)N1CC2(CN(Cc3ccccc3)C[C@@]2(C)CO)C1. The average molecular weight is 346 g/mol. The van der Waals surface area contributed by atoms with Crippen molar-refractivity contribution in [3.05, 3.63) is 35.9 Å². The van der Waals surface area contributed by atoms with Crippen LogP contribution in [-0.4, -0.2) is 59.4 Å². The monoisotopic (exact) mass is 346 g/mol. The molecule has 1 spiro atoms. The highest BCUT2D eigenvalue weighted by Gasteiger charge is 2.61. The summed E-state index contributed by atoms with van der Waals surface area (Å²) in [5.74, 6) is 0. The van der Waals surface area contributed by atoms with Crippen molar-refractivity contribution in [3.63, 3.8) is 0 Å². The van der Waals surface area contributed by atoms with E-state index in [1.165, 1.54) is 5.56 Å². The van der Waals surface area contributed by atoms with Crippen molar-refractivity contribution in [1.29, 1.82) is 0 Å². The Bertz CT molecular complexity index is 620. The van der Waals surface area contributed by atoms with Gasteiger partial charge in [-0.25, -0.2) is 4.79 Å². The highest BCUT2D eigenvalue weighted by Crippen LogP contribution is 2.52. The minimum Gasteiger partial charge on any atom is -0.444 e. The molecule has 0 bridgehead atoms. The second kappa shape index (κ2) is 6.29. The molecule has 3 rings (SSSR count). The molecule has 1 N–H and O–H groups in total. The topological polar surface area (TPSA) is 53.0 Å². The molecular formula is C20H30N2O3. The minimum absolute atomic E-state index is 0.0482. The summed E-state index contributed by atoms with van der Waals surface area (Å²) in [6.45, 7) is 11.9. The lowest BCUT2D eigenvalue weighted by atomic mass is 9.62. The predicted octanol–water partition coefficient (Wildman–Crippen LogP) is 2.74. The first-order chi connectivity index (χ1) is 11.7. The molecule has 2 fully saturated rings. The number of rotatable bonds is 3. The van der Waals surface area contributed by atoms with E-state index < -0.39 is 5.60 Å². The third-order valence-electron chi connectivity index (χ3n) is 5.62. The number of nitrogens with zero attached hydrogens (tertiary/aromatic N) is 2. The molecular weight excluding hydrogens is 316 g/mol. The molecule has 138 valence electrons. The van der Waals surface area contributed by atoms with Crippen molar-refractivity contribution in [2.75, 3.05) is 32.8 Å².